The maximum atomic E-state index is 5.99. The number of hydrogen-bond donors (Lipinski definition) is 1. The van der Waals surface area contributed by atoms with Crippen LogP contribution in [0.25, 0.3) is 16.9 Å². The van der Waals surface area contributed by atoms with Crippen molar-refractivity contribution < 1.29 is 0 Å². The van der Waals surface area contributed by atoms with Gasteiger partial charge in [0.1, 0.15) is 5.65 Å². The average molecular weight is 322 g/mol. The summed E-state index contributed by atoms with van der Waals surface area (Å²) in [5.74, 6) is 0. The SMILES string of the molecule is CCCCN(C)Cc1c(-c2cccc(N)c2)nc2c(C)cccn12. The quantitative estimate of drug-likeness (QED) is 0.694. The fraction of sp³-hybridized carbons (Fsp3) is 0.350. The smallest absolute Gasteiger partial charge is 0.140 e. The summed E-state index contributed by atoms with van der Waals surface area (Å²) in [4.78, 5) is 7.30. The van der Waals surface area contributed by atoms with Crippen molar-refractivity contribution in [1.82, 2.24) is 14.3 Å². The van der Waals surface area contributed by atoms with Crippen LogP contribution < -0.4 is 5.73 Å². The molecule has 0 radical (unpaired) electrons. The number of anilines is 1. The van der Waals surface area contributed by atoms with Crippen molar-refractivity contribution in [1.29, 1.82) is 0 Å². The Morgan fingerprint density at radius 1 is 1.21 bits per heavy atom. The van der Waals surface area contributed by atoms with Crippen molar-refractivity contribution in [2.45, 2.75) is 33.2 Å². The molecule has 0 aliphatic rings. The van der Waals surface area contributed by atoms with Gasteiger partial charge in [0.25, 0.3) is 0 Å². The lowest BCUT2D eigenvalue weighted by atomic mass is 10.1. The van der Waals surface area contributed by atoms with Gasteiger partial charge in [0.2, 0.25) is 0 Å². The first-order valence-corrected chi connectivity index (χ1v) is 8.61. The number of aromatic nitrogens is 2. The van der Waals surface area contributed by atoms with Crippen LogP contribution in [0.4, 0.5) is 5.69 Å². The number of pyridine rings is 1. The lowest BCUT2D eigenvalue weighted by molar-refractivity contribution is 0.316. The van der Waals surface area contributed by atoms with Gasteiger partial charge in [-0.05, 0) is 50.7 Å². The Hall–Kier alpha value is -2.33. The second-order valence-electron chi connectivity index (χ2n) is 6.51. The zero-order valence-corrected chi connectivity index (χ0v) is 14.8. The number of benzene rings is 1. The van der Waals surface area contributed by atoms with Crippen LogP contribution in [0.15, 0.2) is 42.6 Å². The third kappa shape index (κ3) is 3.29. The van der Waals surface area contributed by atoms with E-state index in [0.29, 0.717) is 0 Å². The van der Waals surface area contributed by atoms with Gasteiger partial charge >= 0.3 is 0 Å². The zero-order chi connectivity index (χ0) is 17.1. The van der Waals surface area contributed by atoms with E-state index in [1.165, 1.54) is 24.1 Å². The maximum Gasteiger partial charge on any atom is 0.140 e. The van der Waals surface area contributed by atoms with Crippen LogP contribution in [0.2, 0.25) is 0 Å². The molecule has 3 rings (SSSR count). The molecule has 126 valence electrons. The highest BCUT2D eigenvalue weighted by atomic mass is 15.1. The monoisotopic (exact) mass is 322 g/mol. The molecule has 0 saturated carbocycles. The van der Waals surface area contributed by atoms with Crippen LogP contribution in [-0.4, -0.2) is 27.9 Å². The fourth-order valence-corrected chi connectivity index (χ4v) is 3.08. The van der Waals surface area contributed by atoms with Gasteiger partial charge in [-0.15, -0.1) is 0 Å². The van der Waals surface area contributed by atoms with Crippen LogP contribution in [0.3, 0.4) is 0 Å². The third-order valence-corrected chi connectivity index (χ3v) is 4.42. The Bertz CT molecular complexity index is 835. The Kier molecular flexibility index (Phi) is 4.86. The molecule has 0 atom stereocenters. The minimum absolute atomic E-state index is 0.770. The van der Waals surface area contributed by atoms with Crippen LogP contribution in [0.1, 0.15) is 31.0 Å². The standard InChI is InChI=1S/C20H26N4/c1-4-5-11-23(3)14-18-19(16-9-6-10-17(21)13-16)22-20-15(2)8-7-12-24(18)20/h6-10,12-13H,4-5,11,14,21H2,1-3H3. The van der Waals surface area contributed by atoms with E-state index < -0.39 is 0 Å². The second-order valence-corrected chi connectivity index (χ2v) is 6.51. The van der Waals surface area contributed by atoms with Gasteiger partial charge in [-0.25, -0.2) is 4.98 Å². The van der Waals surface area contributed by atoms with E-state index in [1.54, 1.807) is 0 Å². The number of imidazole rings is 1. The molecule has 0 spiro atoms. The third-order valence-electron chi connectivity index (χ3n) is 4.42. The largest absolute Gasteiger partial charge is 0.399 e. The topological polar surface area (TPSA) is 46.6 Å². The molecule has 4 nitrogen and oxygen atoms in total. The minimum Gasteiger partial charge on any atom is -0.399 e. The van der Waals surface area contributed by atoms with Crippen molar-refractivity contribution >= 4 is 11.3 Å². The number of nitrogens with zero attached hydrogens (tertiary/aromatic N) is 3. The molecule has 2 N–H and O–H groups in total. The van der Waals surface area contributed by atoms with Gasteiger partial charge in [-0.3, -0.25) is 0 Å². The molecule has 2 aromatic heterocycles. The summed E-state index contributed by atoms with van der Waals surface area (Å²) in [5.41, 5.74) is 12.3. The normalized spacial score (nSPS) is 11.5. The molecule has 3 aromatic rings. The summed E-state index contributed by atoms with van der Waals surface area (Å²) >= 11 is 0. The minimum atomic E-state index is 0.770. The molecule has 0 saturated heterocycles. The number of fused-ring (bicyclic) bond motifs is 1. The van der Waals surface area contributed by atoms with Gasteiger partial charge in [0.15, 0.2) is 0 Å². The van der Waals surface area contributed by atoms with Crippen LogP contribution in [0.5, 0.6) is 0 Å². The van der Waals surface area contributed by atoms with E-state index in [-0.39, 0.29) is 0 Å². The number of nitrogen functional groups attached to an aromatic ring is 1. The van der Waals surface area contributed by atoms with Crippen molar-refractivity contribution in [3.63, 3.8) is 0 Å². The van der Waals surface area contributed by atoms with E-state index in [0.717, 1.165) is 35.7 Å². The molecular weight excluding hydrogens is 296 g/mol. The lowest BCUT2D eigenvalue weighted by Gasteiger charge is -2.17. The summed E-state index contributed by atoms with van der Waals surface area (Å²) in [6.07, 6.45) is 4.52. The van der Waals surface area contributed by atoms with Crippen LogP contribution >= 0.6 is 0 Å². The molecule has 0 bridgehead atoms. The first kappa shape index (κ1) is 16.5. The number of rotatable bonds is 6. The van der Waals surface area contributed by atoms with E-state index in [1.807, 2.05) is 18.2 Å². The van der Waals surface area contributed by atoms with Crippen molar-refractivity contribution in [3.05, 3.63) is 53.9 Å². The summed E-state index contributed by atoms with van der Waals surface area (Å²) < 4.78 is 2.22. The van der Waals surface area contributed by atoms with Gasteiger partial charge in [-0.1, -0.05) is 31.5 Å². The Morgan fingerprint density at radius 2 is 2.04 bits per heavy atom. The van der Waals surface area contributed by atoms with E-state index >= 15 is 0 Å². The van der Waals surface area contributed by atoms with Crippen LogP contribution in [-0.2, 0) is 6.54 Å². The van der Waals surface area contributed by atoms with Gasteiger partial charge in [0.05, 0.1) is 11.4 Å². The van der Waals surface area contributed by atoms with Gasteiger partial charge in [0, 0.05) is 24.0 Å². The molecule has 0 unspecified atom stereocenters. The highest BCUT2D eigenvalue weighted by Gasteiger charge is 2.16. The predicted octanol–water partition coefficient (Wildman–Crippen LogP) is 4.12. The second kappa shape index (κ2) is 7.05. The highest BCUT2D eigenvalue weighted by Crippen LogP contribution is 2.28. The Balaban J connectivity index is 2.10. The molecule has 0 aliphatic carbocycles. The molecule has 0 amide bonds. The van der Waals surface area contributed by atoms with Crippen LogP contribution in [0, 0.1) is 6.92 Å². The number of aryl methyl sites for hydroxylation is 1. The summed E-state index contributed by atoms with van der Waals surface area (Å²) in [7, 11) is 2.17. The van der Waals surface area contributed by atoms with Gasteiger partial charge < -0.3 is 15.0 Å². The molecule has 24 heavy (non-hydrogen) atoms. The molecular formula is C20H26N4. The molecule has 0 fully saturated rings. The van der Waals surface area contributed by atoms with E-state index in [9.17, 15) is 0 Å². The number of nitrogens with two attached hydrogens (primary N) is 1. The Morgan fingerprint density at radius 3 is 2.79 bits per heavy atom. The lowest BCUT2D eigenvalue weighted by Crippen LogP contribution is -2.20. The van der Waals surface area contributed by atoms with Crippen molar-refractivity contribution in [2.24, 2.45) is 0 Å². The van der Waals surface area contributed by atoms with E-state index in [4.69, 9.17) is 10.7 Å². The molecule has 4 heteroatoms. The average Bonchev–Trinajstić information content (AvgIpc) is 2.93. The fourth-order valence-electron chi connectivity index (χ4n) is 3.08. The predicted molar refractivity (Wildman–Crippen MR) is 101 cm³/mol. The number of unbranched alkanes of at least 4 members (excludes halogenated alkanes) is 1. The molecule has 1 aromatic carbocycles. The first-order valence-electron chi connectivity index (χ1n) is 8.61. The van der Waals surface area contributed by atoms with Crippen molar-refractivity contribution in [3.8, 4) is 11.3 Å². The first-order chi connectivity index (χ1) is 11.6. The molecule has 2 heterocycles. The summed E-state index contributed by atoms with van der Waals surface area (Å²) in [5, 5.41) is 0. The summed E-state index contributed by atoms with van der Waals surface area (Å²) in [6, 6.07) is 12.2. The van der Waals surface area contributed by atoms with E-state index in [2.05, 4.69) is 54.6 Å². The Labute approximate surface area is 143 Å². The molecule has 0 aliphatic heterocycles. The van der Waals surface area contributed by atoms with Crippen molar-refractivity contribution in [2.75, 3.05) is 19.3 Å². The number of hydrogen-bond acceptors (Lipinski definition) is 3. The maximum absolute atomic E-state index is 5.99. The zero-order valence-electron chi connectivity index (χ0n) is 14.8. The highest BCUT2D eigenvalue weighted by molar-refractivity contribution is 5.70. The van der Waals surface area contributed by atoms with Gasteiger partial charge in [-0.2, -0.15) is 0 Å². The summed E-state index contributed by atoms with van der Waals surface area (Å²) in [6.45, 7) is 6.29.